The molecule has 106 valence electrons. The van der Waals surface area contributed by atoms with E-state index in [1.807, 2.05) is 30.3 Å². The Kier molecular flexibility index (Phi) is 3.42. The molecule has 0 saturated heterocycles. The number of aromatic nitrogens is 3. The van der Waals surface area contributed by atoms with E-state index in [1.54, 1.807) is 12.3 Å². The molecule has 1 aromatic carbocycles. The van der Waals surface area contributed by atoms with Crippen LogP contribution in [0.15, 0.2) is 54.7 Å². The van der Waals surface area contributed by atoms with Crippen LogP contribution in [0.3, 0.4) is 0 Å². The minimum absolute atomic E-state index is 0.0105. The van der Waals surface area contributed by atoms with Crippen molar-refractivity contribution < 1.29 is 10.2 Å². The van der Waals surface area contributed by atoms with Gasteiger partial charge in [0.1, 0.15) is 0 Å². The van der Waals surface area contributed by atoms with Crippen LogP contribution in [0.1, 0.15) is 5.69 Å². The molecule has 0 radical (unpaired) electrons. The highest BCUT2D eigenvalue weighted by atomic mass is 16.3. The van der Waals surface area contributed by atoms with Gasteiger partial charge in [-0.25, -0.2) is 9.97 Å². The molecule has 2 aromatic heterocycles. The Morgan fingerprint density at radius 1 is 0.952 bits per heavy atom. The van der Waals surface area contributed by atoms with Crippen molar-refractivity contribution in [3.05, 3.63) is 60.4 Å². The molecule has 6 heteroatoms. The summed E-state index contributed by atoms with van der Waals surface area (Å²) in [6.07, 6.45) is 1.63. The number of benzene rings is 1. The van der Waals surface area contributed by atoms with Crippen molar-refractivity contribution >= 4 is 11.6 Å². The first-order valence-corrected chi connectivity index (χ1v) is 6.44. The van der Waals surface area contributed by atoms with E-state index in [0.29, 0.717) is 11.6 Å². The summed E-state index contributed by atoms with van der Waals surface area (Å²) in [6.45, 7) is 0.261. The van der Waals surface area contributed by atoms with Gasteiger partial charge in [0.05, 0.1) is 12.2 Å². The fraction of sp³-hybridized carbons (Fsp3) is 0.0667. The monoisotopic (exact) mass is 282 g/mol. The van der Waals surface area contributed by atoms with E-state index in [-0.39, 0.29) is 18.3 Å². The molecular weight excluding hydrogens is 268 g/mol. The van der Waals surface area contributed by atoms with Crippen LogP contribution in [0.25, 0.3) is 0 Å². The summed E-state index contributed by atoms with van der Waals surface area (Å²) in [7, 11) is 0. The second-order valence-electron chi connectivity index (χ2n) is 4.50. The predicted octanol–water partition coefficient (Wildman–Crippen LogP) is 2.48. The normalized spacial score (nSPS) is 10.5. The maximum atomic E-state index is 9.64. The van der Waals surface area contributed by atoms with E-state index in [9.17, 15) is 10.2 Å². The lowest BCUT2D eigenvalue weighted by Gasteiger charge is -2.08. The lowest BCUT2D eigenvalue weighted by Crippen LogP contribution is -2.04. The molecule has 6 nitrogen and oxygen atoms in total. The van der Waals surface area contributed by atoms with Gasteiger partial charge in [0.2, 0.25) is 5.95 Å². The molecule has 0 fully saturated rings. The number of rotatable bonds is 4. The molecule has 3 rings (SSSR count). The Morgan fingerprint density at radius 2 is 1.67 bits per heavy atom. The number of hydrogen-bond acceptors (Lipinski definition) is 5. The predicted molar refractivity (Wildman–Crippen MR) is 78.6 cm³/mol. The first-order valence-electron chi connectivity index (χ1n) is 6.44. The lowest BCUT2D eigenvalue weighted by atomic mass is 10.3. The SMILES string of the molecule is Oc1ccc(O)n1Cc1ccnc(Nc2ccccc2)n1. The van der Waals surface area contributed by atoms with E-state index in [2.05, 4.69) is 15.3 Å². The molecule has 21 heavy (non-hydrogen) atoms. The Hall–Kier alpha value is -3.02. The molecule has 2 heterocycles. The van der Waals surface area contributed by atoms with E-state index in [4.69, 9.17) is 0 Å². The minimum Gasteiger partial charge on any atom is -0.494 e. The maximum absolute atomic E-state index is 9.64. The third-order valence-electron chi connectivity index (χ3n) is 3.00. The average molecular weight is 282 g/mol. The summed E-state index contributed by atoms with van der Waals surface area (Å²) >= 11 is 0. The molecule has 3 aromatic rings. The molecule has 0 unspecified atom stereocenters. The molecule has 0 bridgehead atoms. The number of nitrogens with one attached hydrogen (secondary N) is 1. The first kappa shape index (κ1) is 13.0. The van der Waals surface area contributed by atoms with Crippen molar-refractivity contribution in [1.82, 2.24) is 14.5 Å². The van der Waals surface area contributed by atoms with Crippen molar-refractivity contribution in [3.8, 4) is 11.8 Å². The molecule has 0 aliphatic heterocycles. The summed E-state index contributed by atoms with van der Waals surface area (Å²) in [6, 6.07) is 14.2. The van der Waals surface area contributed by atoms with Crippen molar-refractivity contribution in [2.45, 2.75) is 6.54 Å². The summed E-state index contributed by atoms with van der Waals surface area (Å²) < 4.78 is 1.36. The maximum Gasteiger partial charge on any atom is 0.227 e. The van der Waals surface area contributed by atoms with Crippen LogP contribution in [0.5, 0.6) is 11.8 Å². The zero-order chi connectivity index (χ0) is 14.7. The highest BCUT2D eigenvalue weighted by Crippen LogP contribution is 2.22. The zero-order valence-corrected chi connectivity index (χ0v) is 11.1. The van der Waals surface area contributed by atoms with Gasteiger partial charge in [-0.1, -0.05) is 18.2 Å². The van der Waals surface area contributed by atoms with Crippen LogP contribution < -0.4 is 5.32 Å². The molecule has 0 spiro atoms. The third kappa shape index (κ3) is 2.94. The van der Waals surface area contributed by atoms with Crippen LogP contribution in [-0.4, -0.2) is 24.7 Å². The Morgan fingerprint density at radius 3 is 2.38 bits per heavy atom. The highest BCUT2D eigenvalue weighted by molar-refractivity contribution is 5.52. The molecular formula is C15H14N4O2. The summed E-state index contributed by atoms with van der Waals surface area (Å²) in [5.74, 6) is 0.442. The fourth-order valence-corrected chi connectivity index (χ4v) is 1.97. The van der Waals surface area contributed by atoms with E-state index >= 15 is 0 Å². The van der Waals surface area contributed by atoms with E-state index in [0.717, 1.165) is 5.69 Å². The molecule has 0 saturated carbocycles. The Bertz CT molecular complexity index is 721. The van der Waals surface area contributed by atoms with Crippen LogP contribution in [0.4, 0.5) is 11.6 Å². The summed E-state index contributed by atoms with van der Waals surface area (Å²) in [5, 5.41) is 22.4. The molecule has 3 N–H and O–H groups in total. The molecule has 0 aliphatic carbocycles. The van der Waals surface area contributed by atoms with Crippen molar-refractivity contribution in [1.29, 1.82) is 0 Å². The zero-order valence-electron chi connectivity index (χ0n) is 11.1. The van der Waals surface area contributed by atoms with E-state index < -0.39 is 0 Å². The second kappa shape index (κ2) is 5.54. The van der Waals surface area contributed by atoms with Gasteiger partial charge in [0.25, 0.3) is 0 Å². The topological polar surface area (TPSA) is 83.2 Å². The van der Waals surface area contributed by atoms with Crippen LogP contribution in [0, 0.1) is 0 Å². The molecule has 0 amide bonds. The molecule has 0 atom stereocenters. The van der Waals surface area contributed by atoms with Crippen molar-refractivity contribution in [2.75, 3.05) is 5.32 Å². The average Bonchev–Trinajstić information content (AvgIpc) is 2.81. The number of anilines is 2. The smallest absolute Gasteiger partial charge is 0.227 e. The van der Waals surface area contributed by atoms with E-state index in [1.165, 1.54) is 16.7 Å². The number of aromatic hydroxyl groups is 2. The first-order chi connectivity index (χ1) is 10.2. The summed E-state index contributed by atoms with van der Waals surface area (Å²) in [5.41, 5.74) is 1.56. The van der Waals surface area contributed by atoms with Crippen molar-refractivity contribution in [2.24, 2.45) is 0 Å². The van der Waals surface area contributed by atoms with Gasteiger partial charge in [-0.2, -0.15) is 0 Å². The van der Waals surface area contributed by atoms with Crippen molar-refractivity contribution in [3.63, 3.8) is 0 Å². The quantitative estimate of drug-likeness (QED) is 0.684. The standard InChI is InChI=1S/C15H14N4O2/c20-13-6-7-14(21)19(13)10-12-8-9-16-15(18-12)17-11-4-2-1-3-5-11/h1-9,20-21H,10H2,(H,16,17,18). The van der Waals surface area contributed by atoms with Gasteiger partial charge in [-0.15, -0.1) is 0 Å². The van der Waals surface area contributed by atoms with Gasteiger partial charge >= 0.3 is 0 Å². The summed E-state index contributed by atoms with van der Waals surface area (Å²) in [4.78, 5) is 8.51. The third-order valence-corrected chi connectivity index (χ3v) is 3.00. The number of nitrogens with zero attached hydrogens (tertiary/aromatic N) is 3. The van der Waals surface area contributed by atoms with Gasteiger partial charge in [-0.3, -0.25) is 4.57 Å². The fourth-order valence-electron chi connectivity index (χ4n) is 1.97. The van der Waals surface area contributed by atoms with Crippen LogP contribution in [-0.2, 0) is 6.54 Å². The Balaban J connectivity index is 1.80. The largest absolute Gasteiger partial charge is 0.494 e. The van der Waals surface area contributed by atoms with Crippen LogP contribution in [0.2, 0.25) is 0 Å². The van der Waals surface area contributed by atoms with Gasteiger partial charge in [-0.05, 0) is 18.2 Å². The Labute approximate surface area is 121 Å². The number of hydrogen-bond donors (Lipinski definition) is 3. The highest BCUT2D eigenvalue weighted by Gasteiger charge is 2.08. The lowest BCUT2D eigenvalue weighted by molar-refractivity contribution is 0.376. The van der Waals surface area contributed by atoms with Gasteiger partial charge < -0.3 is 15.5 Å². The van der Waals surface area contributed by atoms with Crippen LogP contribution >= 0.6 is 0 Å². The second-order valence-corrected chi connectivity index (χ2v) is 4.50. The van der Waals surface area contributed by atoms with Gasteiger partial charge in [0.15, 0.2) is 11.8 Å². The minimum atomic E-state index is -0.0105. The number of para-hydroxylation sites is 1. The molecule has 0 aliphatic rings. The van der Waals surface area contributed by atoms with Gasteiger partial charge in [0, 0.05) is 24.0 Å².